The van der Waals surface area contributed by atoms with E-state index < -0.39 is 5.60 Å². The topological polar surface area (TPSA) is 49.5 Å². The summed E-state index contributed by atoms with van der Waals surface area (Å²) in [6, 6.07) is 4.29. The average molecular weight is 240 g/mol. The zero-order chi connectivity index (χ0) is 11.4. The Balaban J connectivity index is 1.73. The molecule has 1 aliphatic heterocycles. The van der Waals surface area contributed by atoms with Crippen LogP contribution in [0, 0.1) is 0 Å². The summed E-state index contributed by atoms with van der Waals surface area (Å²) in [7, 11) is 0. The molecule has 1 saturated heterocycles. The van der Waals surface area contributed by atoms with Gasteiger partial charge in [-0.05, 0) is 30.7 Å². The third-order valence-corrected chi connectivity index (χ3v) is 4.36. The van der Waals surface area contributed by atoms with Crippen LogP contribution in [0.2, 0.25) is 0 Å². The van der Waals surface area contributed by atoms with Gasteiger partial charge in [0.1, 0.15) is 0 Å². The van der Waals surface area contributed by atoms with Gasteiger partial charge >= 0.3 is 0 Å². The van der Waals surface area contributed by atoms with Crippen molar-refractivity contribution in [2.24, 2.45) is 5.73 Å². The first-order valence-corrected chi connectivity index (χ1v) is 6.77. The van der Waals surface area contributed by atoms with Crippen molar-refractivity contribution in [2.45, 2.75) is 24.9 Å². The van der Waals surface area contributed by atoms with Crippen molar-refractivity contribution in [3.8, 4) is 0 Å². The van der Waals surface area contributed by atoms with Gasteiger partial charge in [0.25, 0.3) is 0 Å². The van der Waals surface area contributed by atoms with Gasteiger partial charge in [0.15, 0.2) is 0 Å². The van der Waals surface area contributed by atoms with Crippen molar-refractivity contribution >= 4 is 11.3 Å². The minimum Gasteiger partial charge on any atom is -0.388 e. The van der Waals surface area contributed by atoms with Crippen LogP contribution in [0.4, 0.5) is 0 Å². The molecule has 0 saturated carbocycles. The molecule has 0 bridgehead atoms. The Kier molecular flexibility index (Phi) is 3.97. The molecule has 3 N–H and O–H groups in total. The van der Waals surface area contributed by atoms with E-state index in [1.165, 1.54) is 4.88 Å². The molecule has 0 radical (unpaired) electrons. The summed E-state index contributed by atoms with van der Waals surface area (Å²) in [4.78, 5) is 3.86. The summed E-state index contributed by atoms with van der Waals surface area (Å²) in [5, 5.41) is 12.1. The minimum absolute atomic E-state index is 0.395. The number of rotatable bonds is 4. The van der Waals surface area contributed by atoms with Crippen LogP contribution in [0.25, 0.3) is 0 Å². The third kappa shape index (κ3) is 3.04. The molecule has 0 aromatic carbocycles. The van der Waals surface area contributed by atoms with E-state index in [-0.39, 0.29) is 0 Å². The monoisotopic (exact) mass is 240 g/mol. The molecule has 0 unspecified atom stereocenters. The first kappa shape index (κ1) is 12.0. The Morgan fingerprint density at radius 2 is 2.19 bits per heavy atom. The molecule has 1 aliphatic rings. The zero-order valence-electron chi connectivity index (χ0n) is 9.56. The molecule has 2 heterocycles. The highest BCUT2D eigenvalue weighted by Gasteiger charge is 2.30. The number of nitrogens with two attached hydrogens (primary N) is 1. The summed E-state index contributed by atoms with van der Waals surface area (Å²) in [5.74, 6) is 0. The molecule has 0 spiro atoms. The Morgan fingerprint density at radius 1 is 1.44 bits per heavy atom. The van der Waals surface area contributed by atoms with Crippen LogP contribution in [0.15, 0.2) is 17.5 Å². The summed E-state index contributed by atoms with van der Waals surface area (Å²) in [6.45, 7) is 3.44. The molecule has 16 heavy (non-hydrogen) atoms. The van der Waals surface area contributed by atoms with Gasteiger partial charge in [-0.25, -0.2) is 0 Å². The third-order valence-electron chi connectivity index (χ3n) is 3.42. The predicted molar refractivity (Wildman–Crippen MR) is 67.7 cm³/mol. The molecule has 2 rings (SSSR count). The fourth-order valence-corrected chi connectivity index (χ4v) is 2.82. The first-order valence-electron chi connectivity index (χ1n) is 5.89. The standard InChI is InChI=1S/C12H20N2OS/c13-10-12(15)4-7-14(8-5-12)6-3-11-2-1-9-16-11/h1-2,9,15H,3-8,10,13H2. The molecule has 90 valence electrons. The fraction of sp³-hybridized carbons (Fsp3) is 0.667. The number of piperidine rings is 1. The SMILES string of the molecule is NCC1(O)CCN(CCc2cccs2)CC1. The van der Waals surface area contributed by atoms with Gasteiger partial charge in [0.05, 0.1) is 5.60 Å². The van der Waals surface area contributed by atoms with Crippen molar-refractivity contribution in [1.82, 2.24) is 4.90 Å². The van der Waals surface area contributed by atoms with Crippen LogP contribution < -0.4 is 5.73 Å². The number of thiophene rings is 1. The van der Waals surface area contributed by atoms with Crippen LogP contribution in [0.5, 0.6) is 0 Å². The lowest BCUT2D eigenvalue weighted by molar-refractivity contribution is -0.0130. The number of hydrogen-bond donors (Lipinski definition) is 2. The van der Waals surface area contributed by atoms with Crippen LogP contribution in [-0.4, -0.2) is 41.8 Å². The van der Waals surface area contributed by atoms with Gasteiger partial charge in [0.2, 0.25) is 0 Å². The van der Waals surface area contributed by atoms with E-state index in [0.29, 0.717) is 6.54 Å². The van der Waals surface area contributed by atoms with Crippen molar-refractivity contribution < 1.29 is 5.11 Å². The Hall–Kier alpha value is -0.420. The highest BCUT2D eigenvalue weighted by atomic mass is 32.1. The first-order chi connectivity index (χ1) is 7.72. The summed E-state index contributed by atoms with van der Waals surface area (Å²) >= 11 is 1.82. The van der Waals surface area contributed by atoms with E-state index >= 15 is 0 Å². The number of likely N-dealkylation sites (tertiary alicyclic amines) is 1. The maximum Gasteiger partial charge on any atom is 0.0793 e. The predicted octanol–water partition coefficient (Wildman–Crippen LogP) is 1.08. The van der Waals surface area contributed by atoms with E-state index in [9.17, 15) is 5.11 Å². The summed E-state index contributed by atoms with van der Waals surface area (Å²) in [6.07, 6.45) is 2.75. The fourth-order valence-electron chi connectivity index (χ4n) is 2.12. The molecule has 4 heteroatoms. The molecule has 0 atom stereocenters. The largest absolute Gasteiger partial charge is 0.388 e. The lowest BCUT2D eigenvalue weighted by Gasteiger charge is -2.37. The van der Waals surface area contributed by atoms with Crippen molar-refractivity contribution in [2.75, 3.05) is 26.2 Å². The summed E-state index contributed by atoms with van der Waals surface area (Å²) in [5.41, 5.74) is 4.97. The number of nitrogens with zero attached hydrogens (tertiary/aromatic N) is 1. The van der Waals surface area contributed by atoms with Crippen molar-refractivity contribution in [3.63, 3.8) is 0 Å². The van der Waals surface area contributed by atoms with Crippen LogP contribution in [0.3, 0.4) is 0 Å². The van der Waals surface area contributed by atoms with E-state index in [1.807, 2.05) is 11.3 Å². The molecule has 0 aliphatic carbocycles. The van der Waals surface area contributed by atoms with Gasteiger partial charge in [-0.15, -0.1) is 11.3 Å². The van der Waals surface area contributed by atoms with E-state index in [1.54, 1.807) is 0 Å². The average Bonchev–Trinajstić information content (AvgIpc) is 2.81. The molecule has 0 amide bonds. The smallest absolute Gasteiger partial charge is 0.0793 e. The number of hydrogen-bond acceptors (Lipinski definition) is 4. The second-order valence-electron chi connectivity index (χ2n) is 4.60. The van der Waals surface area contributed by atoms with E-state index in [2.05, 4.69) is 22.4 Å². The normalized spacial score (nSPS) is 21.1. The maximum atomic E-state index is 10.0. The van der Waals surface area contributed by atoms with Crippen molar-refractivity contribution in [1.29, 1.82) is 0 Å². The zero-order valence-corrected chi connectivity index (χ0v) is 10.4. The van der Waals surface area contributed by atoms with Gasteiger partial charge < -0.3 is 15.7 Å². The summed E-state index contributed by atoms with van der Waals surface area (Å²) < 4.78 is 0. The van der Waals surface area contributed by atoms with Gasteiger partial charge in [-0.3, -0.25) is 0 Å². The van der Waals surface area contributed by atoms with Gasteiger partial charge in [-0.1, -0.05) is 6.07 Å². The number of aliphatic hydroxyl groups is 1. The molecular formula is C12H20N2OS. The lowest BCUT2D eigenvalue weighted by atomic mass is 9.91. The van der Waals surface area contributed by atoms with Gasteiger partial charge in [0, 0.05) is 31.1 Å². The second-order valence-corrected chi connectivity index (χ2v) is 5.63. The maximum absolute atomic E-state index is 10.0. The second kappa shape index (κ2) is 5.27. The van der Waals surface area contributed by atoms with Crippen LogP contribution >= 0.6 is 11.3 Å². The molecular weight excluding hydrogens is 220 g/mol. The molecule has 1 fully saturated rings. The molecule has 1 aromatic heterocycles. The van der Waals surface area contributed by atoms with E-state index in [0.717, 1.165) is 38.9 Å². The molecule has 3 nitrogen and oxygen atoms in total. The highest BCUT2D eigenvalue weighted by Crippen LogP contribution is 2.21. The lowest BCUT2D eigenvalue weighted by Crippen LogP contribution is -2.48. The van der Waals surface area contributed by atoms with Gasteiger partial charge in [-0.2, -0.15) is 0 Å². The van der Waals surface area contributed by atoms with E-state index in [4.69, 9.17) is 5.73 Å². The highest BCUT2D eigenvalue weighted by molar-refractivity contribution is 7.09. The Labute approximate surface area is 101 Å². The van der Waals surface area contributed by atoms with Crippen LogP contribution in [-0.2, 0) is 6.42 Å². The van der Waals surface area contributed by atoms with Crippen LogP contribution in [0.1, 0.15) is 17.7 Å². The van der Waals surface area contributed by atoms with Crippen molar-refractivity contribution in [3.05, 3.63) is 22.4 Å². The Morgan fingerprint density at radius 3 is 2.75 bits per heavy atom. The Bertz CT molecular complexity index is 305. The minimum atomic E-state index is -0.598. The quantitative estimate of drug-likeness (QED) is 0.828. The molecule has 1 aromatic rings.